The molecule has 1 aliphatic carbocycles. The Morgan fingerprint density at radius 3 is 2.55 bits per heavy atom. The Morgan fingerprint density at radius 1 is 1.35 bits per heavy atom. The standard InChI is InChI=1S/C16H23NO3/c1-12-5-7-14(8-6-12)20-13(2)11-17-15(18)16(19)9-3-4-10-16/h5-8,13,19H,3-4,9-11H2,1-2H3,(H,17,18). The van der Waals surface area contributed by atoms with Crippen molar-refractivity contribution in [2.75, 3.05) is 6.54 Å². The first-order valence-electron chi connectivity index (χ1n) is 7.24. The number of nitrogens with one attached hydrogen (secondary N) is 1. The van der Waals surface area contributed by atoms with E-state index < -0.39 is 5.60 Å². The van der Waals surface area contributed by atoms with Crippen molar-refractivity contribution >= 4 is 5.91 Å². The highest BCUT2D eigenvalue weighted by Gasteiger charge is 2.38. The lowest BCUT2D eigenvalue weighted by molar-refractivity contribution is -0.139. The number of hydrogen-bond acceptors (Lipinski definition) is 3. The van der Waals surface area contributed by atoms with E-state index in [-0.39, 0.29) is 12.0 Å². The summed E-state index contributed by atoms with van der Waals surface area (Å²) < 4.78 is 5.72. The minimum absolute atomic E-state index is 0.133. The van der Waals surface area contributed by atoms with E-state index in [0.29, 0.717) is 19.4 Å². The number of rotatable bonds is 5. The summed E-state index contributed by atoms with van der Waals surface area (Å²) in [6.07, 6.45) is 2.82. The molecule has 0 heterocycles. The van der Waals surface area contributed by atoms with Crippen LogP contribution in [0.1, 0.15) is 38.2 Å². The largest absolute Gasteiger partial charge is 0.489 e. The van der Waals surface area contributed by atoms with E-state index in [2.05, 4.69) is 5.32 Å². The van der Waals surface area contributed by atoms with Gasteiger partial charge < -0.3 is 15.2 Å². The Kier molecular flexibility index (Phi) is 4.65. The summed E-state index contributed by atoms with van der Waals surface area (Å²) in [4.78, 5) is 12.0. The smallest absolute Gasteiger partial charge is 0.252 e. The normalized spacial score (nSPS) is 18.6. The van der Waals surface area contributed by atoms with Gasteiger partial charge in [0.05, 0.1) is 6.54 Å². The SMILES string of the molecule is Cc1ccc(OC(C)CNC(=O)C2(O)CCCC2)cc1. The lowest BCUT2D eigenvalue weighted by Gasteiger charge is -2.22. The molecule has 110 valence electrons. The highest BCUT2D eigenvalue weighted by molar-refractivity contribution is 5.85. The fourth-order valence-corrected chi connectivity index (χ4v) is 2.48. The Labute approximate surface area is 120 Å². The molecule has 0 spiro atoms. The number of hydrogen-bond donors (Lipinski definition) is 2. The van der Waals surface area contributed by atoms with Gasteiger partial charge in [-0.25, -0.2) is 0 Å². The van der Waals surface area contributed by atoms with Crippen molar-refractivity contribution in [3.05, 3.63) is 29.8 Å². The molecule has 1 fully saturated rings. The summed E-state index contributed by atoms with van der Waals surface area (Å²) in [5.41, 5.74) is 0.0191. The van der Waals surface area contributed by atoms with Crippen LogP contribution in [0, 0.1) is 6.92 Å². The topological polar surface area (TPSA) is 58.6 Å². The third-order valence-electron chi connectivity index (χ3n) is 3.76. The summed E-state index contributed by atoms with van der Waals surface area (Å²) in [5.74, 6) is 0.520. The van der Waals surface area contributed by atoms with Gasteiger partial charge in [-0.2, -0.15) is 0 Å². The first-order valence-corrected chi connectivity index (χ1v) is 7.24. The van der Waals surface area contributed by atoms with Crippen molar-refractivity contribution < 1.29 is 14.6 Å². The molecule has 1 saturated carbocycles. The maximum Gasteiger partial charge on any atom is 0.252 e. The van der Waals surface area contributed by atoms with Gasteiger partial charge >= 0.3 is 0 Å². The molecule has 1 aromatic rings. The van der Waals surface area contributed by atoms with Gasteiger partial charge in [0.15, 0.2) is 0 Å². The Morgan fingerprint density at radius 2 is 1.95 bits per heavy atom. The quantitative estimate of drug-likeness (QED) is 0.867. The van der Waals surface area contributed by atoms with Crippen LogP contribution in [0.2, 0.25) is 0 Å². The predicted molar refractivity (Wildman–Crippen MR) is 77.7 cm³/mol. The molecule has 1 atom stereocenters. The summed E-state index contributed by atoms with van der Waals surface area (Å²) >= 11 is 0. The zero-order valence-corrected chi connectivity index (χ0v) is 12.2. The van der Waals surface area contributed by atoms with E-state index in [1.54, 1.807) is 0 Å². The molecule has 0 bridgehead atoms. The van der Waals surface area contributed by atoms with Crippen LogP contribution >= 0.6 is 0 Å². The van der Waals surface area contributed by atoms with E-state index in [1.165, 1.54) is 5.56 Å². The predicted octanol–water partition coefficient (Wildman–Crippen LogP) is 2.18. The number of ether oxygens (including phenoxy) is 1. The van der Waals surface area contributed by atoms with Gasteiger partial charge in [0.2, 0.25) is 0 Å². The molecule has 1 unspecified atom stereocenters. The van der Waals surface area contributed by atoms with E-state index >= 15 is 0 Å². The maximum atomic E-state index is 12.0. The Hall–Kier alpha value is -1.55. The molecule has 4 nitrogen and oxygen atoms in total. The van der Waals surface area contributed by atoms with Gasteiger partial charge in [-0.3, -0.25) is 4.79 Å². The summed E-state index contributed by atoms with van der Waals surface area (Å²) in [7, 11) is 0. The third-order valence-corrected chi connectivity index (χ3v) is 3.76. The van der Waals surface area contributed by atoms with Crippen LogP contribution in [0.5, 0.6) is 5.75 Å². The lowest BCUT2D eigenvalue weighted by atomic mass is 10.0. The molecular formula is C16H23NO3. The van der Waals surface area contributed by atoms with Crippen molar-refractivity contribution in [2.24, 2.45) is 0 Å². The van der Waals surface area contributed by atoms with Crippen molar-refractivity contribution in [3.8, 4) is 5.75 Å². The summed E-state index contributed by atoms with van der Waals surface area (Å²) in [6, 6.07) is 7.81. The Bertz CT molecular complexity index is 449. The number of aryl methyl sites for hydroxylation is 1. The van der Waals surface area contributed by atoms with Gasteiger partial charge in [0.1, 0.15) is 17.5 Å². The summed E-state index contributed by atoms with van der Waals surface area (Å²) in [5, 5.41) is 12.9. The first kappa shape index (κ1) is 14.9. The van der Waals surface area contributed by atoms with Crippen molar-refractivity contribution in [3.63, 3.8) is 0 Å². The van der Waals surface area contributed by atoms with E-state index in [0.717, 1.165) is 18.6 Å². The molecule has 0 saturated heterocycles. The highest BCUT2D eigenvalue weighted by Crippen LogP contribution is 2.29. The molecule has 20 heavy (non-hydrogen) atoms. The minimum atomic E-state index is -1.16. The molecule has 1 aromatic carbocycles. The van der Waals surface area contributed by atoms with E-state index in [4.69, 9.17) is 4.74 Å². The molecule has 4 heteroatoms. The van der Waals surface area contributed by atoms with Gasteiger partial charge in [-0.05, 0) is 51.7 Å². The molecule has 2 rings (SSSR count). The number of aliphatic hydroxyl groups is 1. The van der Waals surface area contributed by atoms with Crippen LogP contribution in [0.3, 0.4) is 0 Å². The third kappa shape index (κ3) is 3.73. The van der Waals surface area contributed by atoms with Crippen LogP contribution < -0.4 is 10.1 Å². The first-order chi connectivity index (χ1) is 9.49. The fraction of sp³-hybridized carbons (Fsp3) is 0.562. The average Bonchev–Trinajstić information content (AvgIpc) is 2.87. The van der Waals surface area contributed by atoms with Crippen LogP contribution in [0.15, 0.2) is 24.3 Å². The number of carbonyl (C=O) groups is 1. The van der Waals surface area contributed by atoms with E-state index in [9.17, 15) is 9.90 Å². The zero-order valence-electron chi connectivity index (χ0n) is 12.2. The second-order valence-corrected chi connectivity index (χ2v) is 5.69. The molecule has 1 aliphatic rings. The maximum absolute atomic E-state index is 12.0. The van der Waals surface area contributed by atoms with Crippen LogP contribution in [0.25, 0.3) is 0 Å². The lowest BCUT2D eigenvalue weighted by Crippen LogP contribution is -2.47. The molecule has 0 aromatic heterocycles. The number of benzene rings is 1. The van der Waals surface area contributed by atoms with Crippen LogP contribution in [-0.2, 0) is 4.79 Å². The molecule has 2 N–H and O–H groups in total. The van der Waals surface area contributed by atoms with Crippen LogP contribution in [-0.4, -0.2) is 29.3 Å². The van der Waals surface area contributed by atoms with Crippen LogP contribution in [0.4, 0.5) is 0 Å². The fourth-order valence-electron chi connectivity index (χ4n) is 2.48. The molecule has 0 radical (unpaired) electrons. The van der Waals surface area contributed by atoms with Gasteiger partial charge in [-0.1, -0.05) is 17.7 Å². The number of carbonyl (C=O) groups excluding carboxylic acids is 1. The second-order valence-electron chi connectivity index (χ2n) is 5.69. The average molecular weight is 277 g/mol. The van der Waals surface area contributed by atoms with Gasteiger partial charge in [-0.15, -0.1) is 0 Å². The van der Waals surface area contributed by atoms with Crippen molar-refractivity contribution in [1.82, 2.24) is 5.32 Å². The number of amides is 1. The monoisotopic (exact) mass is 277 g/mol. The second kappa shape index (κ2) is 6.27. The van der Waals surface area contributed by atoms with Gasteiger partial charge in [0.25, 0.3) is 5.91 Å². The van der Waals surface area contributed by atoms with Crippen molar-refractivity contribution in [1.29, 1.82) is 0 Å². The Balaban J connectivity index is 1.78. The van der Waals surface area contributed by atoms with Crippen molar-refractivity contribution in [2.45, 2.75) is 51.2 Å². The van der Waals surface area contributed by atoms with E-state index in [1.807, 2.05) is 38.1 Å². The molecule has 0 aliphatic heterocycles. The minimum Gasteiger partial charge on any atom is -0.489 e. The summed E-state index contributed by atoms with van der Waals surface area (Å²) in [6.45, 7) is 4.32. The zero-order chi connectivity index (χ0) is 14.6. The van der Waals surface area contributed by atoms with Gasteiger partial charge in [0, 0.05) is 0 Å². The highest BCUT2D eigenvalue weighted by atomic mass is 16.5. The molecule has 1 amide bonds. The molecular weight excluding hydrogens is 254 g/mol.